The quantitative estimate of drug-likeness (QED) is 0.182. The Hall–Kier alpha value is -3.47. The summed E-state index contributed by atoms with van der Waals surface area (Å²) in [5, 5.41) is 22.3. The van der Waals surface area contributed by atoms with E-state index in [1.165, 1.54) is 16.7 Å². The van der Waals surface area contributed by atoms with Crippen LogP contribution in [0.5, 0.6) is 0 Å². The van der Waals surface area contributed by atoms with E-state index in [4.69, 9.17) is 5.11 Å². The van der Waals surface area contributed by atoms with Crippen LogP contribution in [0.25, 0.3) is 0 Å². The van der Waals surface area contributed by atoms with Gasteiger partial charge in [0.15, 0.2) is 0 Å². The van der Waals surface area contributed by atoms with Gasteiger partial charge in [-0.2, -0.15) is 0 Å². The Bertz CT molecular complexity index is 1070. The van der Waals surface area contributed by atoms with Crippen molar-refractivity contribution in [3.05, 3.63) is 100 Å². The predicted molar refractivity (Wildman–Crippen MR) is 127 cm³/mol. The predicted octanol–water partition coefficient (Wildman–Crippen LogP) is 5.90. The number of unbranched alkanes of at least 4 members (excludes halogenated alkanes) is 1. The molecule has 0 amide bonds. The van der Waals surface area contributed by atoms with E-state index >= 15 is 0 Å². The molecule has 0 spiro atoms. The smallest absolute Gasteiger partial charge is 0.303 e. The number of aliphatic carboxylic acids is 1. The van der Waals surface area contributed by atoms with Gasteiger partial charge < -0.3 is 10.3 Å². The second-order valence-electron chi connectivity index (χ2n) is 8.19. The highest BCUT2D eigenvalue weighted by atomic mass is 16.4. The molecule has 0 fully saturated rings. The second-order valence-corrected chi connectivity index (χ2v) is 8.19. The molecule has 5 nitrogen and oxygen atoms in total. The molecule has 2 aromatic carbocycles. The van der Waals surface area contributed by atoms with Crippen molar-refractivity contribution in [3.63, 3.8) is 0 Å². The lowest BCUT2D eigenvalue weighted by molar-refractivity contribution is -0.137. The number of aromatic nitrogens is 1. The average Bonchev–Trinajstić information content (AvgIpc) is 2.79. The summed E-state index contributed by atoms with van der Waals surface area (Å²) in [5.74, 6) is -0.705. The van der Waals surface area contributed by atoms with E-state index in [9.17, 15) is 10.0 Å². The highest BCUT2D eigenvalue weighted by Crippen LogP contribution is 2.32. The van der Waals surface area contributed by atoms with Crippen LogP contribution in [0.15, 0.2) is 72.0 Å². The number of benzene rings is 2. The van der Waals surface area contributed by atoms with E-state index in [2.05, 4.69) is 53.5 Å². The van der Waals surface area contributed by atoms with Crippen LogP contribution in [-0.2, 0) is 11.2 Å². The van der Waals surface area contributed by atoms with Gasteiger partial charge in [0, 0.05) is 36.2 Å². The van der Waals surface area contributed by atoms with Crippen LogP contribution in [-0.4, -0.2) is 27.0 Å². The summed E-state index contributed by atoms with van der Waals surface area (Å²) in [7, 11) is 0. The standard InChI is InChI=1S/C27H30N2O3/c1-19-7-3-5-9-24(19)25(18-26(29-32)23-15-16-28-20(2)17-23)22-13-11-21(12-14-22)8-4-6-10-27(30)31/h3,5,7,9,11-17,25,32H,4,6,8,10,18H2,1-2H3,(H,30,31)/b29-26+. The molecule has 0 aliphatic heterocycles. The van der Waals surface area contributed by atoms with Crippen molar-refractivity contribution in [1.82, 2.24) is 4.98 Å². The van der Waals surface area contributed by atoms with Crippen molar-refractivity contribution in [3.8, 4) is 0 Å². The van der Waals surface area contributed by atoms with Crippen LogP contribution in [0, 0.1) is 13.8 Å². The molecule has 1 unspecified atom stereocenters. The van der Waals surface area contributed by atoms with Crippen LogP contribution in [0.1, 0.15) is 65.1 Å². The minimum absolute atomic E-state index is 0.0385. The van der Waals surface area contributed by atoms with Gasteiger partial charge in [0.05, 0.1) is 5.71 Å². The molecule has 2 N–H and O–H groups in total. The maximum absolute atomic E-state index is 10.7. The zero-order valence-electron chi connectivity index (χ0n) is 18.7. The molecule has 3 aromatic rings. The zero-order chi connectivity index (χ0) is 22.9. The summed E-state index contributed by atoms with van der Waals surface area (Å²) in [4.78, 5) is 14.9. The first kappa shape index (κ1) is 23.2. The third kappa shape index (κ3) is 6.27. The normalized spacial score (nSPS) is 12.5. The molecule has 0 saturated carbocycles. The topological polar surface area (TPSA) is 82.8 Å². The van der Waals surface area contributed by atoms with E-state index in [0.717, 1.165) is 29.7 Å². The summed E-state index contributed by atoms with van der Waals surface area (Å²) in [6.45, 7) is 4.03. The second kappa shape index (κ2) is 11.2. The van der Waals surface area contributed by atoms with Gasteiger partial charge >= 0.3 is 5.97 Å². The van der Waals surface area contributed by atoms with Gasteiger partial charge in [0.2, 0.25) is 0 Å². The first-order valence-electron chi connectivity index (χ1n) is 11.0. The van der Waals surface area contributed by atoms with Crippen molar-refractivity contribution >= 4 is 11.7 Å². The summed E-state index contributed by atoms with van der Waals surface area (Å²) in [6.07, 6.45) is 4.91. The molecule has 5 heteroatoms. The van der Waals surface area contributed by atoms with Gasteiger partial charge in [-0.05, 0) is 67.5 Å². The Kier molecular flexibility index (Phi) is 8.14. The lowest BCUT2D eigenvalue weighted by atomic mass is 9.83. The minimum Gasteiger partial charge on any atom is -0.481 e. The van der Waals surface area contributed by atoms with Crippen LogP contribution in [0.3, 0.4) is 0 Å². The maximum Gasteiger partial charge on any atom is 0.303 e. The number of carboxylic acids is 1. The molecule has 1 aromatic heterocycles. The first-order chi connectivity index (χ1) is 15.5. The van der Waals surface area contributed by atoms with Crippen molar-refractivity contribution in [2.75, 3.05) is 0 Å². The van der Waals surface area contributed by atoms with Crippen molar-refractivity contribution in [2.24, 2.45) is 5.16 Å². The molecule has 0 bridgehead atoms. The SMILES string of the molecule is Cc1cc(/C(CC(c2ccc(CCCCC(=O)O)cc2)c2ccccc2C)=N/O)ccn1. The van der Waals surface area contributed by atoms with Gasteiger partial charge in [0.25, 0.3) is 0 Å². The molecular weight excluding hydrogens is 400 g/mol. The summed E-state index contributed by atoms with van der Waals surface area (Å²) in [5.41, 5.74) is 7.12. The van der Waals surface area contributed by atoms with Gasteiger partial charge in [-0.3, -0.25) is 9.78 Å². The first-order valence-corrected chi connectivity index (χ1v) is 11.0. The number of hydrogen-bond acceptors (Lipinski definition) is 4. The van der Waals surface area contributed by atoms with Crippen molar-refractivity contribution in [2.45, 2.75) is 51.9 Å². The van der Waals surface area contributed by atoms with Gasteiger partial charge in [-0.1, -0.05) is 53.7 Å². The Morgan fingerprint density at radius 3 is 2.44 bits per heavy atom. The number of oxime groups is 1. The van der Waals surface area contributed by atoms with Gasteiger partial charge in [0.1, 0.15) is 0 Å². The summed E-state index contributed by atoms with van der Waals surface area (Å²) < 4.78 is 0. The van der Waals surface area contributed by atoms with E-state index in [1.807, 2.05) is 31.2 Å². The number of hydrogen-bond donors (Lipinski definition) is 2. The van der Waals surface area contributed by atoms with E-state index in [1.54, 1.807) is 6.20 Å². The lowest BCUT2D eigenvalue weighted by Gasteiger charge is -2.21. The minimum atomic E-state index is -0.743. The fourth-order valence-corrected chi connectivity index (χ4v) is 4.04. The highest BCUT2D eigenvalue weighted by Gasteiger charge is 2.20. The third-order valence-corrected chi connectivity index (χ3v) is 5.80. The molecule has 1 atom stereocenters. The molecule has 3 rings (SSSR count). The lowest BCUT2D eigenvalue weighted by Crippen LogP contribution is -2.12. The number of pyridine rings is 1. The van der Waals surface area contributed by atoms with E-state index in [-0.39, 0.29) is 12.3 Å². The Balaban J connectivity index is 1.85. The Labute approximate surface area is 189 Å². The molecule has 32 heavy (non-hydrogen) atoms. The molecule has 0 saturated heterocycles. The third-order valence-electron chi connectivity index (χ3n) is 5.80. The van der Waals surface area contributed by atoms with Gasteiger partial charge in [-0.15, -0.1) is 0 Å². The number of nitrogens with zero attached hydrogens (tertiary/aromatic N) is 2. The summed E-state index contributed by atoms with van der Waals surface area (Å²) in [6, 6.07) is 20.6. The average molecular weight is 431 g/mol. The highest BCUT2D eigenvalue weighted by molar-refractivity contribution is 6.00. The zero-order valence-corrected chi connectivity index (χ0v) is 18.7. The number of carbonyl (C=O) groups is 1. The van der Waals surface area contributed by atoms with Crippen LogP contribution in [0.2, 0.25) is 0 Å². The number of aryl methyl sites for hydroxylation is 3. The Morgan fingerprint density at radius 2 is 1.78 bits per heavy atom. The molecule has 0 aliphatic carbocycles. The van der Waals surface area contributed by atoms with Crippen LogP contribution in [0.4, 0.5) is 0 Å². The molecule has 0 radical (unpaired) electrons. The van der Waals surface area contributed by atoms with Crippen LogP contribution < -0.4 is 0 Å². The fraction of sp³-hybridized carbons (Fsp3) is 0.296. The van der Waals surface area contributed by atoms with Gasteiger partial charge in [-0.25, -0.2) is 0 Å². The van der Waals surface area contributed by atoms with E-state index < -0.39 is 5.97 Å². The van der Waals surface area contributed by atoms with Crippen LogP contribution >= 0.6 is 0 Å². The van der Waals surface area contributed by atoms with E-state index in [0.29, 0.717) is 18.6 Å². The molecule has 1 heterocycles. The molecule has 166 valence electrons. The largest absolute Gasteiger partial charge is 0.481 e. The maximum atomic E-state index is 10.7. The molecule has 0 aliphatic rings. The number of rotatable bonds is 10. The number of carboxylic acid groups (broad SMARTS) is 1. The summed E-state index contributed by atoms with van der Waals surface area (Å²) >= 11 is 0. The molecular formula is C27H30N2O3. The monoisotopic (exact) mass is 430 g/mol. The van der Waals surface area contributed by atoms with Crippen molar-refractivity contribution < 1.29 is 15.1 Å². The Morgan fingerprint density at radius 1 is 1.03 bits per heavy atom. The van der Waals surface area contributed by atoms with Crippen molar-refractivity contribution in [1.29, 1.82) is 0 Å². The fourth-order valence-electron chi connectivity index (χ4n) is 4.04.